The zero-order valence-electron chi connectivity index (χ0n) is 10.7. The van der Waals surface area contributed by atoms with Crippen LogP contribution in [0.1, 0.15) is 31.0 Å². The molecule has 0 aliphatic rings. The molecule has 17 heavy (non-hydrogen) atoms. The van der Waals surface area contributed by atoms with Crippen LogP contribution in [-0.4, -0.2) is 9.78 Å². The first-order valence-electron chi connectivity index (χ1n) is 6.05. The Morgan fingerprint density at radius 1 is 1.29 bits per heavy atom. The second-order valence-electron chi connectivity index (χ2n) is 4.07. The highest BCUT2D eigenvalue weighted by atomic mass is 16.3. The fourth-order valence-corrected chi connectivity index (χ4v) is 2.18. The molecule has 2 aromatic heterocycles. The summed E-state index contributed by atoms with van der Waals surface area (Å²) in [5.41, 5.74) is 9.00. The molecule has 0 spiro atoms. The van der Waals surface area contributed by atoms with Gasteiger partial charge in [-0.2, -0.15) is 5.10 Å². The topological polar surface area (TPSA) is 57.0 Å². The largest absolute Gasteiger partial charge is 0.460 e. The maximum atomic E-state index is 5.74. The van der Waals surface area contributed by atoms with Crippen LogP contribution >= 0.6 is 0 Å². The number of aryl methyl sites for hydroxylation is 2. The number of rotatable bonds is 4. The van der Waals surface area contributed by atoms with Crippen LogP contribution in [0.3, 0.4) is 0 Å². The summed E-state index contributed by atoms with van der Waals surface area (Å²) >= 11 is 0. The quantitative estimate of drug-likeness (QED) is 0.881. The van der Waals surface area contributed by atoms with Crippen LogP contribution in [0.2, 0.25) is 0 Å². The molecule has 4 heteroatoms. The molecule has 0 aliphatic heterocycles. The van der Waals surface area contributed by atoms with Gasteiger partial charge in [0.25, 0.3) is 0 Å². The summed E-state index contributed by atoms with van der Waals surface area (Å²) in [7, 11) is 1.98. The lowest BCUT2D eigenvalue weighted by Gasteiger charge is -2.01. The zero-order chi connectivity index (χ0) is 12.4. The van der Waals surface area contributed by atoms with Gasteiger partial charge in [-0.1, -0.05) is 13.8 Å². The van der Waals surface area contributed by atoms with Crippen molar-refractivity contribution in [1.82, 2.24) is 9.78 Å². The van der Waals surface area contributed by atoms with Crippen molar-refractivity contribution >= 4 is 0 Å². The molecule has 0 saturated carbocycles. The van der Waals surface area contributed by atoms with Gasteiger partial charge >= 0.3 is 0 Å². The van der Waals surface area contributed by atoms with Crippen molar-refractivity contribution in [1.29, 1.82) is 0 Å². The van der Waals surface area contributed by atoms with E-state index in [1.54, 1.807) is 0 Å². The lowest BCUT2D eigenvalue weighted by molar-refractivity contribution is 0.524. The van der Waals surface area contributed by atoms with E-state index in [4.69, 9.17) is 10.2 Å². The van der Waals surface area contributed by atoms with E-state index >= 15 is 0 Å². The Bertz CT molecular complexity index is 511. The molecule has 0 radical (unpaired) electrons. The molecule has 0 fully saturated rings. The third-order valence-electron chi connectivity index (χ3n) is 3.02. The van der Waals surface area contributed by atoms with Gasteiger partial charge in [0.15, 0.2) is 0 Å². The van der Waals surface area contributed by atoms with Crippen molar-refractivity contribution < 1.29 is 4.42 Å². The second kappa shape index (κ2) is 4.75. The van der Waals surface area contributed by atoms with Crippen LogP contribution in [-0.2, 0) is 26.4 Å². The lowest BCUT2D eigenvalue weighted by atomic mass is 10.1. The maximum absolute atomic E-state index is 5.74. The predicted octanol–water partition coefficient (Wildman–Crippen LogP) is 2.26. The van der Waals surface area contributed by atoms with E-state index in [2.05, 4.69) is 18.9 Å². The molecule has 0 aliphatic carbocycles. The minimum absolute atomic E-state index is 0.434. The molecule has 2 N–H and O–H groups in total. The first-order chi connectivity index (χ1) is 8.21. The predicted molar refractivity (Wildman–Crippen MR) is 67.6 cm³/mol. The average molecular weight is 233 g/mol. The highest BCUT2D eigenvalue weighted by Gasteiger charge is 2.18. The molecule has 2 aromatic rings. The van der Waals surface area contributed by atoms with Crippen LogP contribution in [0.25, 0.3) is 11.3 Å². The lowest BCUT2D eigenvalue weighted by Crippen LogP contribution is -1.97. The van der Waals surface area contributed by atoms with Gasteiger partial charge in [-0.3, -0.25) is 4.68 Å². The Balaban J connectivity index is 2.55. The summed E-state index contributed by atoms with van der Waals surface area (Å²) in [5, 5.41) is 4.54. The van der Waals surface area contributed by atoms with Crippen LogP contribution in [0.4, 0.5) is 0 Å². The van der Waals surface area contributed by atoms with E-state index in [1.165, 1.54) is 5.69 Å². The molecule has 92 valence electrons. The van der Waals surface area contributed by atoms with Crippen LogP contribution < -0.4 is 5.73 Å². The number of hydrogen-bond acceptors (Lipinski definition) is 3. The Morgan fingerprint density at radius 3 is 2.59 bits per heavy atom. The molecule has 0 aromatic carbocycles. The molecule has 0 saturated heterocycles. The van der Waals surface area contributed by atoms with Gasteiger partial charge in [-0.05, 0) is 25.0 Å². The Hall–Kier alpha value is -1.55. The Morgan fingerprint density at radius 2 is 2.06 bits per heavy atom. The fraction of sp³-hybridized carbons (Fsp3) is 0.462. The second-order valence-corrected chi connectivity index (χ2v) is 4.07. The van der Waals surface area contributed by atoms with E-state index in [1.807, 2.05) is 23.9 Å². The third-order valence-corrected chi connectivity index (χ3v) is 3.02. The number of nitrogens with zero attached hydrogens (tertiary/aromatic N) is 2. The van der Waals surface area contributed by atoms with E-state index in [-0.39, 0.29) is 0 Å². The zero-order valence-corrected chi connectivity index (χ0v) is 10.7. The first kappa shape index (κ1) is 11.9. The minimum atomic E-state index is 0.434. The molecule has 0 bridgehead atoms. The van der Waals surface area contributed by atoms with Gasteiger partial charge in [0, 0.05) is 12.7 Å². The van der Waals surface area contributed by atoms with Crippen LogP contribution in [0, 0.1) is 0 Å². The minimum Gasteiger partial charge on any atom is -0.460 e. The Labute approximate surface area is 101 Å². The summed E-state index contributed by atoms with van der Waals surface area (Å²) in [6.07, 6.45) is 1.85. The molecular weight excluding hydrogens is 214 g/mol. The number of aromatic nitrogens is 2. The molecule has 0 unspecified atom stereocenters. The maximum Gasteiger partial charge on any atom is 0.138 e. The smallest absolute Gasteiger partial charge is 0.138 e. The highest BCUT2D eigenvalue weighted by molar-refractivity contribution is 5.64. The van der Waals surface area contributed by atoms with Crippen molar-refractivity contribution in [3.63, 3.8) is 0 Å². The summed E-state index contributed by atoms with van der Waals surface area (Å²) in [4.78, 5) is 0. The SMILES string of the molecule is CCc1nn(C)c(CC)c1-c1ccc(CN)o1. The van der Waals surface area contributed by atoms with Gasteiger partial charge in [-0.25, -0.2) is 0 Å². The number of hydrogen-bond donors (Lipinski definition) is 1. The third kappa shape index (κ3) is 2.00. The first-order valence-corrected chi connectivity index (χ1v) is 6.05. The van der Waals surface area contributed by atoms with Crippen molar-refractivity contribution in [2.75, 3.05) is 0 Å². The summed E-state index contributed by atoms with van der Waals surface area (Å²) in [5.74, 6) is 1.69. The summed E-state index contributed by atoms with van der Waals surface area (Å²) < 4.78 is 7.68. The molecule has 2 rings (SSSR count). The molecule has 4 nitrogen and oxygen atoms in total. The van der Waals surface area contributed by atoms with Gasteiger partial charge < -0.3 is 10.2 Å². The van der Waals surface area contributed by atoms with E-state index in [9.17, 15) is 0 Å². The summed E-state index contributed by atoms with van der Waals surface area (Å²) in [6, 6.07) is 3.92. The van der Waals surface area contributed by atoms with Crippen molar-refractivity contribution in [2.45, 2.75) is 33.2 Å². The van der Waals surface area contributed by atoms with Gasteiger partial charge in [0.2, 0.25) is 0 Å². The number of furan rings is 1. The monoisotopic (exact) mass is 233 g/mol. The van der Waals surface area contributed by atoms with Crippen LogP contribution in [0.15, 0.2) is 16.5 Å². The Kier molecular flexibility index (Phi) is 3.33. The van der Waals surface area contributed by atoms with Gasteiger partial charge in [-0.15, -0.1) is 0 Å². The summed E-state index contributed by atoms with van der Waals surface area (Å²) in [6.45, 7) is 4.67. The average Bonchev–Trinajstić information content (AvgIpc) is 2.92. The van der Waals surface area contributed by atoms with E-state index < -0.39 is 0 Å². The molecule has 2 heterocycles. The highest BCUT2D eigenvalue weighted by Crippen LogP contribution is 2.29. The standard InChI is InChI=1S/C13H19N3O/c1-4-10-13(11(5-2)16(3)15-10)12-7-6-9(8-14)17-12/h6-7H,4-5,8,14H2,1-3H3. The normalized spacial score (nSPS) is 11.1. The molecule has 0 atom stereocenters. The molecule has 0 amide bonds. The van der Waals surface area contributed by atoms with Gasteiger partial charge in [0.05, 0.1) is 17.8 Å². The number of nitrogens with two attached hydrogens (primary N) is 1. The van der Waals surface area contributed by atoms with Gasteiger partial charge in [0.1, 0.15) is 11.5 Å². The van der Waals surface area contributed by atoms with Crippen molar-refractivity contribution in [3.05, 3.63) is 29.3 Å². The van der Waals surface area contributed by atoms with Crippen molar-refractivity contribution in [2.24, 2.45) is 12.8 Å². The van der Waals surface area contributed by atoms with Crippen LogP contribution in [0.5, 0.6) is 0 Å². The fourth-order valence-electron chi connectivity index (χ4n) is 2.18. The van der Waals surface area contributed by atoms with E-state index in [0.29, 0.717) is 6.54 Å². The van der Waals surface area contributed by atoms with E-state index in [0.717, 1.165) is 35.6 Å². The molecular formula is C13H19N3O. The van der Waals surface area contributed by atoms with Crippen molar-refractivity contribution in [3.8, 4) is 11.3 Å².